The van der Waals surface area contributed by atoms with Crippen LogP contribution in [0.25, 0.3) is 6.08 Å². The van der Waals surface area contributed by atoms with Gasteiger partial charge in [0.1, 0.15) is 11.3 Å². The van der Waals surface area contributed by atoms with Crippen molar-refractivity contribution < 1.29 is 29.0 Å². The van der Waals surface area contributed by atoms with Crippen LogP contribution in [0.4, 0.5) is 10.5 Å². The highest BCUT2D eigenvalue weighted by Crippen LogP contribution is 2.36. The number of nitrogens with one attached hydrogen (secondary N) is 1. The first-order valence-electron chi connectivity index (χ1n) is 7.84. The molecule has 0 unspecified atom stereocenters. The maximum absolute atomic E-state index is 12.9. The Kier molecular flexibility index (Phi) is 4.75. The van der Waals surface area contributed by atoms with E-state index >= 15 is 0 Å². The van der Waals surface area contributed by atoms with E-state index in [4.69, 9.17) is 9.47 Å². The van der Waals surface area contributed by atoms with Gasteiger partial charge in [0.2, 0.25) is 6.79 Å². The quantitative estimate of drug-likeness (QED) is 0.334. The maximum Gasteiger partial charge on any atom is 0.335 e. The standard InChI is InChI=1S/C18H10BrIN2O6/c19-11-4-8(5-12(20)15(11)23)3-10-16(24)21-18(26)22(17(10)25)9-1-2-13-14(6-9)28-7-27-13/h1-6,23H,7H2,(H,21,24,26)/b10-3+. The summed E-state index contributed by atoms with van der Waals surface area (Å²) < 4.78 is 11.5. The van der Waals surface area contributed by atoms with Crippen molar-refractivity contribution in [1.82, 2.24) is 5.32 Å². The molecule has 28 heavy (non-hydrogen) atoms. The molecule has 0 radical (unpaired) electrons. The Hall–Kier alpha value is -2.60. The van der Waals surface area contributed by atoms with Crippen LogP contribution in [-0.4, -0.2) is 29.7 Å². The molecule has 1 saturated heterocycles. The van der Waals surface area contributed by atoms with E-state index in [9.17, 15) is 19.5 Å². The average Bonchev–Trinajstić information content (AvgIpc) is 3.11. The number of amides is 4. The zero-order valence-electron chi connectivity index (χ0n) is 13.9. The number of carbonyl (C=O) groups is 3. The fraction of sp³-hybridized carbons (Fsp3) is 0.0556. The van der Waals surface area contributed by atoms with Crippen LogP contribution < -0.4 is 19.7 Å². The molecule has 4 rings (SSSR count). The van der Waals surface area contributed by atoms with Crippen LogP contribution in [0.15, 0.2) is 40.4 Å². The van der Waals surface area contributed by atoms with Gasteiger partial charge in [-0.2, -0.15) is 0 Å². The number of ether oxygens (including phenoxy) is 2. The van der Waals surface area contributed by atoms with Gasteiger partial charge < -0.3 is 14.6 Å². The van der Waals surface area contributed by atoms with E-state index in [2.05, 4.69) is 21.2 Å². The number of barbiturate groups is 1. The number of fused-ring (bicyclic) bond motifs is 1. The van der Waals surface area contributed by atoms with Crippen LogP contribution in [0.2, 0.25) is 0 Å². The molecule has 2 N–H and O–H groups in total. The van der Waals surface area contributed by atoms with Gasteiger partial charge in [0.25, 0.3) is 11.8 Å². The second-order valence-electron chi connectivity index (χ2n) is 5.83. The molecule has 8 nitrogen and oxygen atoms in total. The number of anilines is 1. The minimum atomic E-state index is -0.854. The van der Waals surface area contributed by atoms with Gasteiger partial charge in [0.15, 0.2) is 11.5 Å². The Morgan fingerprint density at radius 1 is 1.14 bits per heavy atom. The summed E-state index contributed by atoms with van der Waals surface area (Å²) in [4.78, 5) is 38.3. The van der Waals surface area contributed by atoms with Crippen LogP contribution in [0.1, 0.15) is 5.56 Å². The summed E-state index contributed by atoms with van der Waals surface area (Å²) in [6, 6.07) is 6.91. The van der Waals surface area contributed by atoms with Crippen molar-refractivity contribution >= 4 is 68.1 Å². The Balaban J connectivity index is 1.74. The van der Waals surface area contributed by atoms with Crippen molar-refractivity contribution in [3.8, 4) is 17.2 Å². The number of rotatable bonds is 2. The molecule has 0 aromatic heterocycles. The lowest BCUT2D eigenvalue weighted by atomic mass is 10.1. The Morgan fingerprint density at radius 2 is 1.89 bits per heavy atom. The number of carbonyl (C=O) groups excluding carboxylic acids is 3. The number of phenols is 1. The molecule has 2 heterocycles. The maximum atomic E-state index is 12.9. The van der Waals surface area contributed by atoms with Crippen molar-refractivity contribution in [2.45, 2.75) is 0 Å². The summed E-state index contributed by atoms with van der Waals surface area (Å²) in [7, 11) is 0. The summed E-state index contributed by atoms with van der Waals surface area (Å²) in [5, 5.41) is 12.0. The molecule has 10 heteroatoms. The first kappa shape index (κ1) is 18.7. The molecule has 1 fully saturated rings. The Labute approximate surface area is 180 Å². The highest BCUT2D eigenvalue weighted by molar-refractivity contribution is 14.1. The highest BCUT2D eigenvalue weighted by Gasteiger charge is 2.37. The number of phenolic OH excluding ortho intramolecular Hbond substituents is 1. The van der Waals surface area contributed by atoms with Crippen molar-refractivity contribution in [1.29, 1.82) is 0 Å². The zero-order chi connectivity index (χ0) is 20.0. The Morgan fingerprint density at radius 3 is 2.64 bits per heavy atom. The fourth-order valence-electron chi connectivity index (χ4n) is 2.75. The van der Waals surface area contributed by atoms with Crippen molar-refractivity contribution in [3.05, 3.63) is 49.5 Å². The summed E-state index contributed by atoms with van der Waals surface area (Å²) in [6.45, 7) is 0.0525. The van der Waals surface area contributed by atoms with Gasteiger partial charge in [0, 0.05) is 6.07 Å². The third kappa shape index (κ3) is 3.22. The first-order valence-corrected chi connectivity index (χ1v) is 9.71. The third-order valence-electron chi connectivity index (χ3n) is 4.07. The van der Waals surface area contributed by atoms with Gasteiger partial charge in [0.05, 0.1) is 13.7 Å². The number of hydrogen-bond donors (Lipinski definition) is 2. The second-order valence-corrected chi connectivity index (χ2v) is 7.85. The third-order valence-corrected chi connectivity index (χ3v) is 5.49. The molecule has 0 atom stereocenters. The minimum absolute atomic E-state index is 0.0525. The predicted octanol–water partition coefficient (Wildman–Crippen LogP) is 3.15. The second kappa shape index (κ2) is 7.09. The fourth-order valence-corrected chi connectivity index (χ4v) is 4.25. The lowest BCUT2D eigenvalue weighted by molar-refractivity contribution is -0.122. The van der Waals surface area contributed by atoms with E-state index in [1.54, 1.807) is 18.2 Å². The number of imide groups is 2. The van der Waals surface area contributed by atoms with Gasteiger partial charge >= 0.3 is 6.03 Å². The van der Waals surface area contributed by atoms with E-state index in [0.29, 0.717) is 25.1 Å². The largest absolute Gasteiger partial charge is 0.506 e. The summed E-state index contributed by atoms with van der Waals surface area (Å²) in [6.07, 6.45) is 1.36. The number of hydrogen-bond acceptors (Lipinski definition) is 6. The molecule has 2 aliphatic heterocycles. The number of nitrogens with zero attached hydrogens (tertiary/aromatic N) is 1. The molecule has 0 spiro atoms. The van der Waals surface area contributed by atoms with E-state index < -0.39 is 17.8 Å². The van der Waals surface area contributed by atoms with Crippen molar-refractivity contribution in [2.75, 3.05) is 11.7 Å². The van der Waals surface area contributed by atoms with Gasteiger partial charge in [-0.3, -0.25) is 14.9 Å². The Bertz CT molecular complexity index is 1060. The van der Waals surface area contributed by atoms with Crippen molar-refractivity contribution in [2.24, 2.45) is 0 Å². The molecule has 142 valence electrons. The zero-order valence-corrected chi connectivity index (χ0v) is 17.6. The molecule has 0 aliphatic carbocycles. The molecule has 2 aromatic carbocycles. The summed E-state index contributed by atoms with van der Waals surface area (Å²) in [5.74, 6) is -0.612. The normalized spacial score (nSPS) is 17.3. The average molecular weight is 557 g/mol. The van der Waals surface area contributed by atoms with Gasteiger partial charge in [-0.05, 0) is 74.4 Å². The van der Waals surface area contributed by atoms with E-state index in [0.717, 1.165) is 4.90 Å². The highest BCUT2D eigenvalue weighted by atomic mass is 127. The monoisotopic (exact) mass is 556 g/mol. The lowest BCUT2D eigenvalue weighted by Gasteiger charge is -2.26. The predicted molar refractivity (Wildman–Crippen MR) is 110 cm³/mol. The number of benzene rings is 2. The van der Waals surface area contributed by atoms with Crippen LogP contribution in [-0.2, 0) is 9.59 Å². The first-order chi connectivity index (χ1) is 13.3. The summed E-state index contributed by atoms with van der Waals surface area (Å²) >= 11 is 5.15. The number of urea groups is 1. The SMILES string of the molecule is O=C1NC(=O)N(c2ccc3c(c2)OCO3)C(=O)/C1=C/c1cc(Br)c(O)c(I)c1. The number of halogens is 2. The van der Waals surface area contributed by atoms with E-state index in [1.165, 1.54) is 18.2 Å². The van der Waals surface area contributed by atoms with E-state index in [1.807, 2.05) is 22.6 Å². The van der Waals surface area contributed by atoms with Gasteiger partial charge in [-0.25, -0.2) is 9.69 Å². The van der Waals surface area contributed by atoms with Gasteiger partial charge in [-0.1, -0.05) is 0 Å². The van der Waals surface area contributed by atoms with Crippen LogP contribution in [0.3, 0.4) is 0 Å². The smallest absolute Gasteiger partial charge is 0.335 e. The number of aromatic hydroxyl groups is 1. The van der Waals surface area contributed by atoms with Crippen molar-refractivity contribution in [3.63, 3.8) is 0 Å². The topological polar surface area (TPSA) is 105 Å². The molecular weight excluding hydrogens is 547 g/mol. The van der Waals surface area contributed by atoms with Gasteiger partial charge in [-0.15, -0.1) is 0 Å². The molecular formula is C18H10BrIN2O6. The molecule has 2 aromatic rings. The molecule has 0 bridgehead atoms. The molecule has 0 saturated carbocycles. The van der Waals surface area contributed by atoms with Crippen LogP contribution in [0.5, 0.6) is 17.2 Å². The van der Waals surface area contributed by atoms with E-state index in [-0.39, 0.29) is 23.8 Å². The van der Waals surface area contributed by atoms with Crippen LogP contribution in [0, 0.1) is 3.57 Å². The molecule has 4 amide bonds. The summed E-state index contributed by atoms with van der Waals surface area (Å²) in [5.41, 5.74) is 0.532. The molecule has 2 aliphatic rings. The lowest BCUT2D eigenvalue weighted by Crippen LogP contribution is -2.54. The minimum Gasteiger partial charge on any atom is -0.506 e. The van der Waals surface area contributed by atoms with Crippen LogP contribution >= 0.6 is 38.5 Å².